The van der Waals surface area contributed by atoms with Crippen LogP contribution >= 0.6 is 0 Å². The largest absolute Gasteiger partial charge is 0.481 e. The van der Waals surface area contributed by atoms with Gasteiger partial charge < -0.3 is 10.8 Å². The summed E-state index contributed by atoms with van der Waals surface area (Å²) in [5.41, 5.74) is 5.29. The number of carboxylic acids is 1. The van der Waals surface area contributed by atoms with Crippen LogP contribution in [0.2, 0.25) is 0 Å². The first-order valence-electron chi connectivity index (χ1n) is 4.02. The normalized spacial score (nSPS) is 12.4. The highest BCUT2D eigenvalue weighted by Gasteiger charge is 2.20. The Morgan fingerprint density at radius 3 is 2.64 bits per heavy atom. The summed E-state index contributed by atoms with van der Waals surface area (Å²) in [5.74, 6) is -1.95. The second-order valence-electron chi connectivity index (χ2n) is 3.01. The van der Waals surface area contributed by atoms with Crippen LogP contribution in [0.4, 0.5) is 5.95 Å². The second-order valence-corrected chi connectivity index (χ2v) is 3.01. The predicted octanol–water partition coefficient (Wildman–Crippen LogP) is -0.151. The SMILES string of the molecule is Cc1nc(N)[nH]c(=O)c1[C@H](C)C(=O)O. The third-order valence-corrected chi connectivity index (χ3v) is 1.97. The van der Waals surface area contributed by atoms with Crippen LogP contribution in [-0.4, -0.2) is 21.0 Å². The average molecular weight is 197 g/mol. The molecule has 14 heavy (non-hydrogen) atoms. The molecule has 0 amide bonds. The lowest BCUT2D eigenvalue weighted by Crippen LogP contribution is -2.23. The number of aromatic nitrogens is 2. The number of nitrogen functional groups attached to an aromatic ring is 1. The van der Waals surface area contributed by atoms with E-state index in [1.54, 1.807) is 6.92 Å². The van der Waals surface area contributed by atoms with Gasteiger partial charge in [0.15, 0.2) is 0 Å². The molecule has 0 unspecified atom stereocenters. The van der Waals surface area contributed by atoms with Gasteiger partial charge in [-0.05, 0) is 13.8 Å². The van der Waals surface area contributed by atoms with E-state index in [9.17, 15) is 9.59 Å². The summed E-state index contributed by atoms with van der Waals surface area (Å²) in [7, 11) is 0. The van der Waals surface area contributed by atoms with E-state index >= 15 is 0 Å². The monoisotopic (exact) mass is 197 g/mol. The fourth-order valence-corrected chi connectivity index (χ4v) is 1.25. The summed E-state index contributed by atoms with van der Waals surface area (Å²) < 4.78 is 0. The summed E-state index contributed by atoms with van der Waals surface area (Å²) in [4.78, 5) is 28.1. The molecule has 0 aliphatic rings. The molecule has 1 heterocycles. The quantitative estimate of drug-likeness (QED) is 0.610. The minimum absolute atomic E-state index is 0.00570. The van der Waals surface area contributed by atoms with Crippen LogP contribution in [0.3, 0.4) is 0 Å². The second kappa shape index (κ2) is 3.49. The summed E-state index contributed by atoms with van der Waals surface area (Å²) >= 11 is 0. The number of hydrogen-bond acceptors (Lipinski definition) is 4. The number of aryl methyl sites for hydroxylation is 1. The highest BCUT2D eigenvalue weighted by Crippen LogP contribution is 2.13. The Balaban J connectivity index is 3.35. The summed E-state index contributed by atoms with van der Waals surface area (Å²) in [6.45, 7) is 2.98. The van der Waals surface area contributed by atoms with Crippen molar-refractivity contribution in [1.82, 2.24) is 9.97 Å². The molecule has 4 N–H and O–H groups in total. The smallest absolute Gasteiger partial charge is 0.310 e. The fourth-order valence-electron chi connectivity index (χ4n) is 1.25. The first kappa shape index (κ1) is 10.2. The molecule has 0 radical (unpaired) electrons. The van der Waals surface area contributed by atoms with Crippen molar-refractivity contribution < 1.29 is 9.90 Å². The highest BCUT2D eigenvalue weighted by atomic mass is 16.4. The maximum absolute atomic E-state index is 11.4. The van der Waals surface area contributed by atoms with E-state index in [-0.39, 0.29) is 11.5 Å². The van der Waals surface area contributed by atoms with Crippen molar-refractivity contribution >= 4 is 11.9 Å². The first-order valence-corrected chi connectivity index (χ1v) is 4.02. The molecule has 0 aromatic carbocycles. The van der Waals surface area contributed by atoms with Gasteiger partial charge in [0.05, 0.1) is 17.2 Å². The zero-order valence-electron chi connectivity index (χ0n) is 7.87. The molecule has 6 heteroatoms. The number of nitrogens with zero attached hydrogens (tertiary/aromatic N) is 1. The molecule has 6 nitrogen and oxygen atoms in total. The fraction of sp³-hybridized carbons (Fsp3) is 0.375. The topological polar surface area (TPSA) is 109 Å². The van der Waals surface area contributed by atoms with Crippen molar-refractivity contribution in [1.29, 1.82) is 0 Å². The molecule has 0 saturated heterocycles. The van der Waals surface area contributed by atoms with E-state index in [2.05, 4.69) is 9.97 Å². The molecular weight excluding hydrogens is 186 g/mol. The molecule has 76 valence electrons. The van der Waals surface area contributed by atoms with Crippen LogP contribution in [0.15, 0.2) is 4.79 Å². The van der Waals surface area contributed by atoms with Crippen LogP contribution in [0.25, 0.3) is 0 Å². The molecule has 1 atom stereocenters. The summed E-state index contributed by atoms with van der Waals surface area (Å²) in [6, 6.07) is 0. The van der Waals surface area contributed by atoms with E-state index in [0.717, 1.165) is 0 Å². The number of rotatable bonds is 2. The molecule has 0 bridgehead atoms. The Morgan fingerprint density at radius 2 is 2.21 bits per heavy atom. The number of anilines is 1. The minimum Gasteiger partial charge on any atom is -0.481 e. The standard InChI is InChI=1S/C8H11N3O3/c1-3(7(13)14)5-4(2)10-8(9)11-6(5)12/h3H,1-2H3,(H,13,14)(H3,9,10,11,12)/t3-/m0/s1. The van der Waals surface area contributed by atoms with Crippen molar-refractivity contribution in [3.05, 3.63) is 21.6 Å². The van der Waals surface area contributed by atoms with Gasteiger partial charge in [0, 0.05) is 0 Å². The van der Waals surface area contributed by atoms with E-state index in [1.807, 2.05) is 0 Å². The summed E-state index contributed by atoms with van der Waals surface area (Å²) in [5, 5.41) is 8.74. The van der Waals surface area contributed by atoms with Gasteiger partial charge in [-0.25, -0.2) is 4.98 Å². The van der Waals surface area contributed by atoms with Gasteiger partial charge in [0.1, 0.15) is 0 Å². The lowest BCUT2D eigenvalue weighted by molar-refractivity contribution is -0.138. The number of aliphatic carboxylic acids is 1. The van der Waals surface area contributed by atoms with Crippen LogP contribution in [0, 0.1) is 6.92 Å². The minimum atomic E-state index is -1.06. The molecule has 0 saturated carbocycles. The van der Waals surface area contributed by atoms with Gasteiger partial charge in [-0.2, -0.15) is 0 Å². The number of carbonyl (C=O) groups is 1. The van der Waals surface area contributed by atoms with Crippen LogP contribution < -0.4 is 11.3 Å². The van der Waals surface area contributed by atoms with Crippen molar-refractivity contribution in [3.63, 3.8) is 0 Å². The van der Waals surface area contributed by atoms with Gasteiger partial charge in [0.2, 0.25) is 5.95 Å². The Kier molecular flexibility index (Phi) is 2.55. The van der Waals surface area contributed by atoms with Crippen LogP contribution in [0.1, 0.15) is 24.1 Å². The first-order chi connectivity index (χ1) is 6.43. The number of aromatic amines is 1. The third kappa shape index (κ3) is 1.73. The lowest BCUT2D eigenvalue weighted by Gasteiger charge is -2.08. The van der Waals surface area contributed by atoms with Crippen molar-refractivity contribution in [2.24, 2.45) is 0 Å². The van der Waals surface area contributed by atoms with Crippen molar-refractivity contribution in [2.75, 3.05) is 5.73 Å². The van der Waals surface area contributed by atoms with E-state index < -0.39 is 17.4 Å². The van der Waals surface area contributed by atoms with Gasteiger partial charge in [-0.3, -0.25) is 14.6 Å². The van der Waals surface area contributed by atoms with Gasteiger partial charge in [-0.15, -0.1) is 0 Å². The van der Waals surface area contributed by atoms with Crippen molar-refractivity contribution in [2.45, 2.75) is 19.8 Å². The lowest BCUT2D eigenvalue weighted by atomic mass is 10.0. The van der Waals surface area contributed by atoms with E-state index in [1.165, 1.54) is 6.92 Å². The Bertz CT molecular complexity index is 424. The molecule has 0 aliphatic carbocycles. The maximum atomic E-state index is 11.4. The van der Waals surface area contributed by atoms with Gasteiger partial charge in [0.25, 0.3) is 5.56 Å². The molecule has 1 rings (SSSR count). The Morgan fingerprint density at radius 1 is 1.64 bits per heavy atom. The van der Waals surface area contributed by atoms with Crippen LogP contribution in [-0.2, 0) is 4.79 Å². The molecule has 0 spiro atoms. The van der Waals surface area contributed by atoms with E-state index in [0.29, 0.717) is 5.69 Å². The van der Waals surface area contributed by atoms with Gasteiger partial charge in [-0.1, -0.05) is 0 Å². The zero-order valence-corrected chi connectivity index (χ0v) is 7.87. The van der Waals surface area contributed by atoms with E-state index in [4.69, 9.17) is 10.8 Å². The number of carboxylic acid groups (broad SMARTS) is 1. The molecule has 1 aromatic rings. The molecule has 0 fully saturated rings. The molecular formula is C8H11N3O3. The number of H-pyrrole nitrogens is 1. The number of hydrogen-bond donors (Lipinski definition) is 3. The molecule has 1 aromatic heterocycles. The zero-order chi connectivity index (χ0) is 10.9. The van der Waals surface area contributed by atoms with Crippen LogP contribution in [0.5, 0.6) is 0 Å². The highest BCUT2D eigenvalue weighted by molar-refractivity contribution is 5.75. The third-order valence-electron chi connectivity index (χ3n) is 1.97. The van der Waals surface area contributed by atoms with Crippen molar-refractivity contribution in [3.8, 4) is 0 Å². The molecule has 0 aliphatic heterocycles. The Labute approximate surface area is 79.8 Å². The van der Waals surface area contributed by atoms with Gasteiger partial charge >= 0.3 is 5.97 Å². The number of nitrogens with one attached hydrogen (secondary N) is 1. The maximum Gasteiger partial charge on any atom is 0.310 e. The Hall–Kier alpha value is -1.85. The summed E-state index contributed by atoms with van der Waals surface area (Å²) in [6.07, 6.45) is 0. The predicted molar refractivity (Wildman–Crippen MR) is 50.1 cm³/mol. The average Bonchev–Trinajstić information content (AvgIpc) is 2.01. The number of nitrogens with two attached hydrogens (primary N) is 1.